The molecule has 0 aliphatic heterocycles. The Morgan fingerprint density at radius 3 is 2.60 bits per heavy atom. The van der Waals surface area contributed by atoms with E-state index in [9.17, 15) is 9.50 Å². The second-order valence-corrected chi connectivity index (χ2v) is 7.50. The van der Waals surface area contributed by atoms with Crippen molar-refractivity contribution in [3.05, 3.63) is 108 Å². The highest BCUT2D eigenvalue weighted by molar-refractivity contribution is 5.19. The molecule has 3 rings (SSSR count). The number of aromatic nitrogens is 1. The van der Waals surface area contributed by atoms with E-state index in [-0.39, 0.29) is 12.4 Å². The van der Waals surface area contributed by atoms with E-state index < -0.39 is 6.10 Å². The van der Waals surface area contributed by atoms with E-state index in [4.69, 9.17) is 4.74 Å². The molecule has 0 amide bonds. The predicted molar refractivity (Wildman–Crippen MR) is 117 cm³/mol. The number of benzene rings is 2. The van der Waals surface area contributed by atoms with Gasteiger partial charge in [-0.05, 0) is 29.8 Å². The molecule has 1 aromatic heterocycles. The molecular weight excluding hydrogens is 379 g/mol. The number of nitrogens with zero attached hydrogens (tertiary/aromatic N) is 1. The molecule has 0 bridgehead atoms. The maximum atomic E-state index is 14.0. The summed E-state index contributed by atoms with van der Waals surface area (Å²) < 4.78 is 21.8. The normalized spacial score (nSPS) is 13.1. The lowest BCUT2D eigenvalue weighted by atomic mass is 10.2. The molecule has 3 aromatic rings. The molecule has 2 aromatic carbocycles. The first-order valence-electron chi connectivity index (χ1n) is 10.3. The van der Waals surface area contributed by atoms with E-state index in [0.29, 0.717) is 31.8 Å². The number of nitrogens with one attached hydrogen (secondary N) is 1. The summed E-state index contributed by atoms with van der Waals surface area (Å²) in [5.74, 6) is -0.196. The standard InChI is InChI=1S/C25H29FN2O2/c1-2-14-27(18-24(29)20-30-19-21-9-4-3-5-10-21)17-23-12-8-15-28(23)16-22-11-6-7-13-25(22)26/h2-13,15,24,29H,1,14,16-20H2/p+1/t24-/m1/s1. The van der Waals surface area contributed by atoms with Crippen LogP contribution in [0.4, 0.5) is 4.39 Å². The molecule has 0 spiro atoms. The van der Waals surface area contributed by atoms with Gasteiger partial charge in [0.15, 0.2) is 0 Å². The van der Waals surface area contributed by atoms with Gasteiger partial charge in [-0.1, -0.05) is 55.1 Å². The SMILES string of the molecule is C=CC[NH+](Cc1cccn1Cc1ccccc1F)C[C@@H](O)COCc1ccccc1. The topological polar surface area (TPSA) is 38.8 Å². The first kappa shape index (κ1) is 22.0. The van der Waals surface area contributed by atoms with Crippen molar-refractivity contribution in [2.45, 2.75) is 25.8 Å². The van der Waals surface area contributed by atoms with Crippen molar-refractivity contribution in [3.63, 3.8) is 0 Å². The first-order valence-corrected chi connectivity index (χ1v) is 10.3. The van der Waals surface area contributed by atoms with Crippen molar-refractivity contribution in [1.82, 2.24) is 4.57 Å². The monoisotopic (exact) mass is 409 g/mol. The van der Waals surface area contributed by atoms with Gasteiger partial charge in [0.25, 0.3) is 0 Å². The lowest BCUT2D eigenvalue weighted by molar-refractivity contribution is -0.911. The molecule has 0 aliphatic rings. The highest BCUT2D eigenvalue weighted by Crippen LogP contribution is 2.11. The van der Waals surface area contributed by atoms with Crippen LogP contribution < -0.4 is 4.90 Å². The number of hydrogen-bond donors (Lipinski definition) is 2. The van der Waals surface area contributed by atoms with E-state index in [0.717, 1.165) is 17.8 Å². The summed E-state index contributed by atoms with van der Waals surface area (Å²) >= 11 is 0. The second-order valence-electron chi connectivity index (χ2n) is 7.50. The van der Waals surface area contributed by atoms with Gasteiger partial charge in [0.05, 0.1) is 32.0 Å². The average molecular weight is 410 g/mol. The van der Waals surface area contributed by atoms with E-state index in [1.807, 2.05) is 60.8 Å². The Labute approximate surface area is 177 Å². The van der Waals surface area contributed by atoms with E-state index in [1.54, 1.807) is 12.1 Å². The van der Waals surface area contributed by atoms with Crippen LogP contribution in [0.25, 0.3) is 0 Å². The molecule has 5 heteroatoms. The van der Waals surface area contributed by atoms with Gasteiger partial charge in [0, 0.05) is 11.8 Å². The van der Waals surface area contributed by atoms with Crippen LogP contribution in [-0.4, -0.2) is 35.5 Å². The molecule has 0 radical (unpaired) electrons. The third-order valence-electron chi connectivity index (χ3n) is 5.03. The van der Waals surface area contributed by atoms with Crippen LogP contribution in [-0.2, 0) is 24.4 Å². The second kappa shape index (κ2) is 11.5. The number of halogens is 1. The fourth-order valence-corrected chi connectivity index (χ4v) is 3.54. The molecule has 158 valence electrons. The third kappa shape index (κ3) is 6.66. The van der Waals surface area contributed by atoms with E-state index >= 15 is 0 Å². The lowest BCUT2D eigenvalue weighted by Crippen LogP contribution is -3.11. The summed E-state index contributed by atoms with van der Waals surface area (Å²) in [5, 5.41) is 10.5. The Morgan fingerprint density at radius 2 is 1.83 bits per heavy atom. The third-order valence-corrected chi connectivity index (χ3v) is 5.03. The quantitative estimate of drug-likeness (QED) is 0.452. The maximum absolute atomic E-state index is 14.0. The van der Waals surface area contributed by atoms with E-state index in [2.05, 4.69) is 11.1 Å². The molecular formula is C25H30FN2O2+. The van der Waals surface area contributed by atoms with Gasteiger partial charge in [-0.15, -0.1) is 0 Å². The molecule has 0 saturated carbocycles. The van der Waals surface area contributed by atoms with Crippen LogP contribution in [0, 0.1) is 5.82 Å². The van der Waals surface area contributed by atoms with Gasteiger partial charge in [-0.2, -0.15) is 0 Å². The van der Waals surface area contributed by atoms with Gasteiger partial charge in [0.2, 0.25) is 0 Å². The van der Waals surface area contributed by atoms with Crippen LogP contribution in [0.15, 0.2) is 85.6 Å². The largest absolute Gasteiger partial charge is 0.385 e. The van der Waals surface area contributed by atoms with Crippen molar-refractivity contribution >= 4 is 0 Å². The molecule has 1 heterocycles. The molecule has 30 heavy (non-hydrogen) atoms. The summed E-state index contributed by atoms with van der Waals surface area (Å²) in [6.07, 6.45) is 3.25. The summed E-state index contributed by atoms with van der Waals surface area (Å²) in [6, 6.07) is 20.8. The number of hydrogen-bond acceptors (Lipinski definition) is 2. The number of ether oxygens (including phenoxy) is 1. The fraction of sp³-hybridized carbons (Fsp3) is 0.280. The molecule has 2 atom stereocenters. The Hall–Kier alpha value is -2.73. The number of rotatable bonds is 12. The molecule has 2 N–H and O–H groups in total. The molecule has 1 unspecified atom stereocenters. The highest BCUT2D eigenvalue weighted by Gasteiger charge is 2.17. The van der Waals surface area contributed by atoms with Crippen molar-refractivity contribution in [3.8, 4) is 0 Å². The lowest BCUT2D eigenvalue weighted by Gasteiger charge is -2.22. The van der Waals surface area contributed by atoms with Gasteiger partial charge in [0.1, 0.15) is 25.0 Å². The van der Waals surface area contributed by atoms with Crippen molar-refractivity contribution in [1.29, 1.82) is 0 Å². The summed E-state index contributed by atoms with van der Waals surface area (Å²) in [7, 11) is 0. The summed E-state index contributed by atoms with van der Waals surface area (Å²) in [4.78, 5) is 1.18. The molecule has 0 aliphatic carbocycles. The Bertz CT molecular complexity index is 910. The van der Waals surface area contributed by atoms with Crippen LogP contribution in [0.2, 0.25) is 0 Å². The van der Waals surface area contributed by atoms with Crippen LogP contribution in [0.1, 0.15) is 16.8 Å². The summed E-state index contributed by atoms with van der Waals surface area (Å²) in [6.45, 7) is 7.09. The first-order chi connectivity index (χ1) is 14.7. The molecule has 0 saturated heterocycles. The Balaban J connectivity index is 1.54. The predicted octanol–water partition coefficient (Wildman–Crippen LogP) is 2.82. The molecule has 0 fully saturated rings. The van der Waals surface area contributed by atoms with Crippen molar-refractivity contribution in [2.24, 2.45) is 0 Å². The van der Waals surface area contributed by atoms with Gasteiger partial charge >= 0.3 is 0 Å². The highest BCUT2D eigenvalue weighted by atomic mass is 19.1. The Kier molecular flexibility index (Phi) is 8.39. The number of aliphatic hydroxyl groups is 1. The van der Waals surface area contributed by atoms with Crippen molar-refractivity contribution < 1.29 is 19.1 Å². The minimum absolute atomic E-state index is 0.196. The Morgan fingerprint density at radius 1 is 1.07 bits per heavy atom. The summed E-state index contributed by atoms with van der Waals surface area (Å²) in [5.41, 5.74) is 2.84. The average Bonchev–Trinajstić information content (AvgIpc) is 3.17. The smallest absolute Gasteiger partial charge is 0.128 e. The zero-order valence-corrected chi connectivity index (χ0v) is 17.2. The van der Waals surface area contributed by atoms with E-state index in [1.165, 1.54) is 11.0 Å². The fourth-order valence-electron chi connectivity index (χ4n) is 3.54. The minimum Gasteiger partial charge on any atom is -0.385 e. The zero-order chi connectivity index (χ0) is 21.2. The van der Waals surface area contributed by atoms with Crippen molar-refractivity contribution in [2.75, 3.05) is 19.7 Å². The van der Waals surface area contributed by atoms with Crippen LogP contribution >= 0.6 is 0 Å². The molecule has 4 nitrogen and oxygen atoms in total. The van der Waals surface area contributed by atoms with Gasteiger partial charge in [-0.3, -0.25) is 0 Å². The van der Waals surface area contributed by atoms with Gasteiger partial charge < -0.3 is 19.3 Å². The number of aliphatic hydroxyl groups excluding tert-OH is 1. The number of quaternary nitrogens is 1. The minimum atomic E-state index is -0.571. The maximum Gasteiger partial charge on any atom is 0.128 e. The van der Waals surface area contributed by atoms with Crippen LogP contribution in [0.5, 0.6) is 0 Å². The van der Waals surface area contributed by atoms with Crippen LogP contribution in [0.3, 0.4) is 0 Å². The van der Waals surface area contributed by atoms with Gasteiger partial charge in [-0.25, -0.2) is 4.39 Å². The zero-order valence-electron chi connectivity index (χ0n) is 17.2.